The average Bonchev–Trinajstić information content (AvgIpc) is 2.40. The second-order valence-corrected chi connectivity index (χ2v) is 4.41. The molecule has 0 aliphatic carbocycles. The van der Waals surface area contributed by atoms with Gasteiger partial charge in [0.15, 0.2) is 0 Å². The first-order chi connectivity index (χ1) is 8.29. The van der Waals surface area contributed by atoms with E-state index in [1.165, 1.54) is 0 Å². The Balaban J connectivity index is 1.82. The van der Waals surface area contributed by atoms with E-state index in [0.29, 0.717) is 0 Å². The van der Waals surface area contributed by atoms with Crippen LogP contribution in [0.15, 0.2) is 30.3 Å². The average molecular weight is 254 g/mol. The molecule has 0 radical (unpaired) electrons. The van der Waals surface area contributed by atoms with Crippen LogP contribution in [0.4, 0.5) is 0 Å². The van der Waals surface area contributed by atoms with E-state index >= 15 is 0 Å². The number of carbonyl (C=O) groups excluding carboxylic acids is 1. The molecule has 0 unspecified atom stereocenters. The highest BCUT2D eigenvalue weighted by Crippen LogP contribution is 2.18. The van der Waals surface area contributed by atoms with Gasteiger partial charge in [-0.2, -0.15) is 0 Å². The fourth-order valence-electron chi connectivity index (χ4n) is 2.00. The van der Waals surface area contributed by atoms with Crippen molar-refractivity contribution in [2.45, 2.75) is 18.9 Å². The Morgan fingerprint density at radius 3 is 2.53 bits per heavy atom. The Labute approximate surface area is 106 Å². The molecule has 92 valence electrons. The molecule has 1 saturated heterocycles. The van der Waals surface area contributed by atoms with Gasteiger partial charge in [-0.05, 0) is 12.1 Å². The summed E-state index contributed by atoms with van der Waals surface area (Å²) in [5, 5.41) is 0. The summed E-state index contributed by atoms with van der Waals surface area (Å²) in [5.74, 6) is 0.990. The van der Waals surface area contributed by atoms with Gasteiger partial charge in [0.25, 0.3) is 0 Å². The molecule has 0 N–H and O–H groups in total. The Hall–Kier alpha value is -1.22. The number of hydrogen-bond donors (Lipinski definition) is 0. The summed E-state index contributed by atoms with van der Waals surface area (Å²) in [7, 11) is 0. The number of halogens is 1. The number of benzene rings is 1. The van der Waals surface area contributed by atoms with Crippen molar-refractivity contribution in [3.05, 3.63) is 30.3 Å². The van der Waals surface area contributed by atoms with Crippen molar-refractivity contribution in [1.29, 1.82) is 0 Å². The van der Waals surface area contributed by atoms with Crippen LogP contribution in [0.3, 0.4) is 0 Å². The molecule has 0 saturated carbocycles. The molecule has 1 amide bonds. The van der Waals surface area contributed by atoms with Crippen LogP contribution in [-0.4, -0.2) is 35.9 Å². The van der Waals surface area contributed by atoms with Crippen LogP contribution in [-0.2, 0) is 4.79 Å². The van der Waals surface area contributed by atoms with Crippen LogP contribution in [0.1, 0.15) is 12.8 Å². The molecule has 4 heteroatoms. The maximum absolute atomic E-state index is 11.4. The third-order valence-corrected chi connectivity index (χ3v) is 3.18. The molecule has 1 aromatic rings. The summed E-state index contributed by atoms with van der Waals surface area (Å²) in [6.45, 7) is 1.48. The first-order valence-electron chi connectivity index (χ1n) is 5.85. The predicted molar refractivity (Wildman–Crippen MR) is 67.4 cm³/mol. The van der Waals surface area contributed by atoms with Crippen molar-refractivity contribution in [3.63, 3.8) is 0 Å². The molecular weight excluding hydrogens is 238 g/mol. The normalized spacial score (nSPS) is 16.9. The lowest BCUT2D eigenvalue weighted by Gasteiger charge is -2.31. The SMILES string of the molecule is O=C(CCl)N1CCC(Oc2ccccc2)CC1. The zero-order chi connectivity index (χ0) is 12.1. The monoisotopic (exact) mass is 253 g/mol. The van der Waals surface area contributed by atoms with Gasteiger partial charge in [-0.25, -0.2) is 0 Å². The number of alkyl halides is 1. The number of piperidine rings is 1. The Morgan fingerprint density at radius 2 is 1.94 bits per heavy atom. The lowest BCUT2D eigenvalue weighted by molar-refractivity contribution is -0.130. The van der Waals surface area contributed by atoms with E-state index in [9.17, 15) is 4.79 Å². The van der Waals surface area contributed by atoms with Crippen LogP contribution in [0, 0.1) is 0 Å². The first kappa shape index (κ1) is 12.2. The van der Waals surface area contributed by atoms with Crippen LogP contribution in [0.2, 0.25) is 0 Å². The number of amides is 1. The van der Waals surface area contributed by atoms with Crippen LogP contribution in [0.5, 0.6) is 5.75 Å². The number of likely N-dealkylation sites (tertiary alicyclic amines) is 1. The number of para-hydroxylation sites is 1. The van der Waals surface area contributed by atoms with Gasteiger partial charge in [0.1, 0.15) is 17.7 Å². The molecule has 0 atom stereocenters. The fraction of sp³-hybridized carbons (Fsp3) is 0.462. The fourth-order valence-corrected chi connectivity index (χ4v) is 2.17. The number of carbonyl (C=O) groups is 1. The smallest absolute Gasteiger partial charge is 0.237 e. The van der Waals surface area contributed by atoms with Crippen molar-refractivity contribution in [2.24, 2.45) is 0 Å². The molecule has 1 aliphatic rings. The minimum Gasteiger partial charge on any atom is -0.490 e. The largest absolute Gasteiger partial charge is 0.490 e. The number of nitrogens with zero attached hydrogens (tertiary/aromatic N) is 1. The molecule has 17 heavy (non-hydrogen) atoms. The quantitative estimate of drug-likeness (QED) is 0.774. The van der Waals surface area contributed by atoms with Crippen molar-refractivity contribution >= 4 is 17.5 Å². The molecule has 0 aromatic heterocycles. The summed E-state index contributed by atoms with van der Waals surface area (Å²) < 4.78 is 5.85. The molecule has 0 bridgehead atoms. The second-order valence-electron chi connectivity index (χ2n) is 4.14. The van der Waals surface area contributed by atoms with Gasteiger partial charge < -0.3 is 9.64 Å². The maximum atomic E-state index is 11.4. The van der Waals surface area contributed by atoms with Gasteiger partial charge in [0.05, 0.1) is 0 Å². The lowest BCUT2D eigenvalue weighted by Crippen LogP contribution is -2.42. The Kier molecular flexibility index (Phi) is 4.26. The lowest BCUT2D eigenvalue weighted by atomic mass is 10.1. The first-order valence-corrected chi connectivity index (χ1v) is 6.38. The molecule has 1 aliphatic heterocycles. The van der Waals surface area contributed by atoms with E-state index in [1.807, 2.05) is 30.3 Å². The summed E-state index contributed by atoms with van der Waals surface area (Å²) >= 11 is 5.53. The van der Waals surface area contributed by atoms with Crippen molar-refractivity contribution in [1.82, 2.24) is 4.90 Å². The third-order valence-electron chi connectivity index (χ3n) is 2.95. The van der Waals surface area contributed by atoms with E-state index in [4.69, 9.17) is 16.3 Å². The van der Waals surface area contributed by atoms with Crippen LogP contribution >= 0.6 is 11.6 Å². The minimum absolute atomic E-state index is 0.0184. The van der Waals surface area contributed by atoms with Crippen molar-refractivity contribution in [3.8, 4) is 5.75 Å². The number of rotatable bonds is 3. The van der Waals surface area contributed by atoms with Gasteiger partial charge in [-0.3, -0.25) is 4.79 Å². The molecule has 1 heterocycles. The van der Waals surface area contributed by atoms with Crippen molar-refractivity contribution in [2.75, 3.05) is 19.0 Å². The van der Waals surface area contributed by atoms with Gasteiger partial charge in [-0.15, -0.1) is 11.6 Å². The minimum atomic E-state index is 0.0184. The summed E-state index contributed by atoms with van der Waals surface area (Å²) in [6, 6.07) is 9.80. The number of hydrogen-bond acceptors (Lipinski definition) is 2. The maximum Gasteiger partial charge on any atom is 0.237 e. The van der Waals surface area contributed by atoms with E-state index in [0.717, 1.165) is 31.7 Å². The van der Waals surface area contributed by atoms with Crippen LogP contribution in [0.25, 0.3) is 0 Å². The Morgan fingerprint density at radius 1 is 1.29 bits per heavy atom. The zero-order valence-corrected chi connectivity index (χ0v) is 10.4. The molecule has 1 fully saturated rings. The highest BCUT2D eigenvalue weighted by Gasteiger charge is 2.23. The van der Waals surface area contributed by atoms with Crippen molar-refractivity contribution < 1.29 is 9.53 Å². The highest BCUT2D eigenvalue weighted by molar-refractivity contribution is 6.27. The van der Waals surface area contributed by atoms with Gasteiger partial charge in [0, 0.05) is 25.9 Å². The standard InChI is InChI=1S/C13H16ClNO2/c14-10-13(16)15-8-6-12(7-9-15)17-11-4-2-1-3-5-11/h1-5,12H,6-10H2. The summed E-state index contributed by atoms with van der Waals surface area (Å²) in [4.78, 5) is 13.2. The van der Waals surface area contributed by atoms with Gasteiger partial charge in [0.2, 0.25) is 5.91 Å². The number of ether oxygens (including phenoxy) is 1. The second kappa shape index (κ2) is 5.92. The molecule has 3 nitrogen and oxygen atoms in total. The molecule has 1 aromatic carbocycles. The topological polar surface area (TPSA) is 29.5 Å². The summed E-state index contributed by atoms with van der Waals surface area (Å²) in [6.07, 6.45) is 1.95. The van der Waals surface area contributed by atoms with Gasteiger partial charge in [-0.1, -0.05) is 18.2 Å². The molecule has 2 rings (SSSR count). The zero-order valence-electron chi connectivity index (χ0n) is 9.64. The van der Waals surface area contributed by atoms with E-state index in [1.54, 1.807) is 4.90 Å². The van der Waals surface area contributed by atoms with Crippen LogP contribution < -0.4 is 4.74 Å². The highest BCUT2D eigenvalue weighted by atomic mass is 35.5. The predicted octanol–water partition coefficient (Wildman–Crippen LogP) is 2.30. The molecule has 0 spiro atoms. The third kappa shape index (κ3) is 3.37. The molecular formula is C13H16ClNO2. The van der Waals surface area contributed by atoms with E-state index < -0.39 is 0 Å². The summed E-state index contributed by atoms with van der Waals surface area (Å²) in [5.41, 5.74) is 0. The van der Waals surface area contributed by atoms with Gasteiger partial charge >= 0.3 is 0 Å². The Bertz CT molecular complexity index is 361. The van der Waals surface area contributed by atoms with E-state index in [2.05, 4.69) is 0 Å². The van der Waals surface area contributed by atoms with E-state index in [-0.39, 0.29) is 17.9 Å².